The maximum absolute atomic E-state index is 12.3. The van der Waals surface area contributed by atoms with Gasteiger partial charge < -0.3 is 15.3 Å². The molecule has 5 nitrogen and oxygen atoms in total. The number of benzene rings is 1. The third kappa shape index (κ3) is 7.22. The van der Waals surface area contributed by atoms with Gasteiger partial charge in [0.1, 0.15) is 0 Å². The van der Waals surface area contributed by atoms with Crippen molar-refractivity contribution in [3.05, 3.63) is 35.9 Å². The lowest BCUT2D eigenvalue weighted by molar-refractivity contribution is -0.138. The van der Waals surface area contributed by atoms with Crippen LogP contribution in [0.5, 0.6) is 0 Å². The lowest BCUT2D eigenvalue weighted by Crippen LogP contribution is -2.36. The van der Waals surface area contributed by atoms with Crippen LogP contribution in [0.1, 0.15) is 38.7 Å². The Bertz CT molecular complexity index is 462. The van der Waals surface area contributed by atoms with Crippen LogP contribution in [0, 0.1) is 0 Å². The number of carboxylic acid groups (broad SMARTS) is 1. The Morgan fingerprint density at radius 3 is 2.50 bits per heavy atom. The van der Waals surface area contributed by atoms with Gasteiger partial charge in [0.05, 0.1) is 6.42 Å². The molecule has 1 amide bonds. The largest absolute Gasteiger partial charge is 0.481 e. The number of carboxylic acids is 1. The molecule has 0 heterocycles. The molecule has 0 bridgehead atoms. The van der Waals surface area contributed by atoms with Crippen LogP contribution in [0.2, 0.25) is 0 Å². The summed E-state index contributed by atoms with van der Waals surface area (Å²) in [6.45, 7) is 5.49. The molecule has 0 saturated heterocycles. The van der Waals surface area contributed by atoms with Crippen molar-refractivity contribution in [2.75, 3.05) is 13.1 Å². The maximum Gasteiger partial charge on any atom is 0.305 e. The molecule has 2 N–H and O–H groups in total. The molecular weight excluding hydrogens is 280 g/mol. The van der Waals surface area contributed by atoms with Crippen molar-refractivity contribution in [2.45, 2.75) is 45.7 Å². The fraction of sp³-hybridized carbons (Fsp3) is 0.529. The Hall–Kier alpha value is -1.88. The zero-order valence-electron chi connectivity index (χ0n) is 13.4. The van der Waals surface area contributed by atoms with Gasteiger partial charge >= 0.3 is 5.97 Å². The van der Waals surface area contributed by atoms with Gasteiger partial charge in [-0.05, 0) is 18.9 Å². The summed E-state index contributed by atoms with van der Waals surface area (Å²) >= 11 is 0. The molecule has 1 aromatic rings. The number of carbonyl (C=O) groups is 2. The zero-order chi connectivity index (χ0) is 16.4. The molecule has 0 saturated carbocycles. The summed E-state index contributed by atoms with van der Waals surface area (Å²) in [6, 6.07) is 10.0. The molecule has 0 aliphatic rings. The van der Waals surface area contributed by atoms with E-state index in [1.54, 1.807) is 4.90 Å². The van der Waals surface area contributed by atoms with E-state index in [-0.39, 0.29) is 18.9 Å². The van der Waals surface area contributed by atoms with Gasteiger partial charge in [-0.2, -0.15) is 0 Å². The highest BCUT2D eigenvalue weighted by Crippen LogP contribution is 2.07. The number of nitrogens with one attached hydrogen (secondary N) is 1. The first-order valence-corrected chi connectivity index (χ1v) is 7.79. The number of nitrogens with zero attached hydrogens (tertiary/aromatic N) is 1. The third-order valence-corrected chi connectivity index (χ3v) is 3.61. The van der Waals surface area contributed by atoms with Crippen molar-refractivity contribution in [3.8, 4) is 0 Å². The summed E-state index contributed by atoms with van der Waals surface area (Å²) in [4.78, 5) is 24.7. The van der Waals surface area contributed by atoms with Crippen molar-refractivity contribution in [1.82, 2.24) is 10.2 Å². The fourth-order valence-corrected chi connectivity index (χ4v) is 2.05. The van der Waals surface area contributed by atoms with E-state index in [1.807, 2.05) is 30.3 Å². The minimum atomic E-state index is -0.886. The van der Waals surface area contributed by atoms with Crippen molar-refractivity contribution in [1.29, 1.82) is 0 Å². The molecule has 5 heteroatoms. The van der Waals surface area contributed by atoms with Gasteiger partial charge in [-0.3, -0.25) is 9.59 Å². The molecule has 1 aromatic carbocycles. The topological polar surface area (TPSA) is 69.6 Å². The van der Waals surface area contributed by atoms with Gasteiger partial charge in [0.15, 0.2) is 0 Å². The van der Waals surface area contributed by atoms with Crippen molar-refractivity contribution in [3.63, 3.8) is 0 Å². The Morgan fingerprint density at radius 2 is 1.91 bits per heavy atom. The molecule has 122 valence electrons. The Balaban J connectivity index is 2.56. The molecule has 1 rings (SSSR count). The smallest absolute Gasteiger partial charge is 0.305 e. The molecule has 0 aromatic heterocycles. The molecule has 22 heavy (non-hydrogen) atoms. The molecule has 0 aliphatic carbocycles. The van der Waals surface area contributed by atoms with Crippen LogP contribution in [0.15, 0.2) is 30.3 Å². The molecule has 1 unspecified atom stereocenters. The molecule has 1 atom stereocenters. The van der Waals surface area contributed by atoms with E-state index in [2.05, 4.69) is 19.2 Å². The number of hydrogen-bond donors (Lipinski definition) is 2. The zero-order valence-corrected chi connectivity index (χ0v) is 13.4. The van der Waals surface area contributed by atoms with Gasteiger partial charge in [-0.15, -0.1) is 0 Å². The summed E-state index contributed by atoms with van der Waals surface area (Å²) in [5.41, 5.74) is 1.01. The van der Waals surface area contributed by atoms with Gasteiger partial charge in [0, 0.05) is 32.1 Å². The fourth-order valence-electron chi connectivity index (χ4n) is 2.05. The summed E-state index contributed by atoms with van der Waals surface area (Å²) in [5, 5.41) is 12.1. The van der Waals surface area contributed by atoms with Crippen molar-refractivity contribution < 1.29 is 14.7 Å². The average Bonchev–Trinajstić information content (AvgIpc) is 2.51. The van der Waals surface area contributed by atoms with E-state index in [1.165, 1.54) is 0 Å². The number of carbonyl (C=O) groups excluding carboxylic acids is 1. The molecule has 0 aliphatic heterocycles. The summed E-state index contributed by atoms with van der Waals surface area (Å²) in [7, 11) is 0. The monoisotopic (exact) mass is 306 g/mol. The van der Waals surface area contributed by atoms with E-state index >= 15 is 0 Å². The standard InChI is InChI=1S/C17H26N2O3/c1-3-14(2)18-11-9-16(20)19(12-10-17(21)22)13-15-7-5-4-6-8-15/h4-8,14,18H,3,9-13H2,1-2H3,(H,21,22). The Morgan fingerprint density at radius 1 is 1.23 bits per heavy atom. The van der Waals surface area contributed by atoms with Crippen LogP contribution in [-0.4, -0.2) is 41.0 Å². The molecule has 0 radical (unpaired) electrons. The third-order valence-electron chi connectivity index (χ3n) is 3.61. The van der Waals surface area contributed by atoms with Crippen LogP contribution in [-0.2, 0) is 16.1 Å². The lowest BCUT2D eigenvalue weighted by atomic mass is 10.2. The second-order valence-electron chi connectivity index (χ2n) is 5.46. The first-order chi connectivity index (χ1) is 10.5. The van der Waals surface area contributed by atoms with Gasteiger partial charge in [-0.25, -0.2) is 0 Å². The Kier molecular flexibility index (Phi) is 8.22. The SMILES string of the molecule is CCC(C)NCCC(=O)N(CCC(=O)O)Cc1ccccc1. The molecule has 0 spiro atoms. The molecular formula is C17H26N2O3. The minimum absolute atomic E-state index is 0.0130. The van der Waals surface area contributed by atoms with Gasteiger partial charge in [-0.1, -0.05) is 37.3 Å². The highest BCUT2D eigenvalue weighted by atomic mass is 16.4. The number of hydrogen-bond acceptors (Lipinski definition) is 3. The maximum atomic E-state index is 12.3. The van der Waals surface area contributed by atoms with Crippen LogP contribution >= 0.6 is 0 Å². The van der Waals surface area contributed by atoms with Gasteiger partial charge in [0.25, 0.3) is 0 Å². The molecule has 0 fully saturated rings. The van der Waals surface area contributed by atoms with Crippen molar-refractivity contribution >= 4 is 11.9 Å². The van der Waals surface area contributed by atoms with E-state index < -0.39 is 5.97 Å². The number of rotatable bonds is 10. The van der Waals surface area contributed by atoms with Crippen LogP contribution in [0.25, 0.3) is 0 Å². The van der Waals surface area contributed by atoms with Crippen LogP contribution in [0.4, 0.5) is 0 Å². The predicted molar refractivity (Wildman–Crippen MR) is 86.5 cm³/mol. The van der Waals surface area contributed by atoms with E-state index in [4.69, 9.17) is 5.11 Å². The first kappa shape index (κ1) is 18.2. The summed E-state index contributed by atoms with van der Waals surface area (Å²) < 4.78 is 0. The predicted octanol–water partition coefficient (Wildman–Crippen LogP) is 2.27. The second kappa shape index (κ2) is 9.95. The van der Waals surface area contributed by atoms with E-state index in [0.717, 1.165) is 12.0 Å². The summed E-state index contributed by atoms with van der Waals surface area (Å²) in [5.74, 6) is -0.899. The Labute approximate surface area is 132 Å². The lowest BCUT2D eigenvalue weighted by Gasteiger charge is -2.23. The summed E-state index contributed by atoms with van der Waals surface area (Å²) in [6.07, 6.45) is 1.37. The van der Waals surface area contributed by atoms with Crippen LogP contribution < -0.4 is 5.32 Å². The normalized spacial score (nSPS) is 11.9. The van der Waals surface area contributed by atoms with Gasteiger partial charge in [0.2, 0.25) is 5.91 Å². The quantitative estimate of drug-likeness (QED) is 0.696. The highest BCUT2D eigenvalue weighted by molar-refractivity contribution is 5.77. The van der Waals surface area contributed by atoms with E-state index in [0.29, 0.717) is 25.6 Å². The second-order valence-corrected chi connectivity index (χ2v) is 5.46. The van der Waals surface area contributed by atoms with Crippen molar-refractivity contribution in [2.24, 2.45) is 0 Å². The van der Waals surface area contributed by atoms with E-state index in [9.17, 15) is 9.59 Å². The average molecular weight is 306 g/mol. The van der Waals surface area contributed by atoms with Crippen LogP contribution in [0.3, 0.4) is 0 Å². The highest BCUT2D eigenvalue weighted by Gasteiger charge is 2.15. The minimum Gasteiger partial charge on any atom is -0.481 e. The first-order valence-electron chi connectivity index (χ1n) is 7.79. The number of amides is 1. The number of aliphatic carboxylic acids is 1.